The summed E-state index contributed by atoms with van der Waals surface area (Å²) in [6.07, 6.45) is 2.51. The second-order valence-electron chi connectivity index (χ2n) is 9.25. The Kier molecular flexibility index (Phi) is 5.82. The molecule has 0 spiro atoms. The van der Waals surface area contributed by atoms with Crippen LogP contribution in [0, 0.1) is 0 Å². The lowest BCUT2D eigenvalue weighted by atomic mass is 9.88. The first-order chi connectivity index (χ1) is 14.0. The summed E-state index contributed by atoms with van der Waals surface area (Å²) in [5.74, 6) is 0. The van der Waals surface area contributed by atoms with Crippen molar-refractivity contribution in [3.63, 3.8) is 0 Å². The predicted molar refractivity (Wildman–Crippen MR) is 131 cm³/mol. The zero-order chi connectivity index (χ0) is 20.2. The Bertz CT molecular complexity index is 1120. The molecule has 0 saturated carbocycles. The molecule has 0 radical (unpaired) electrons. The van der Waals surface area contributed by atoms with Crippen LogP contribution in [0.4, 0.5) is 0 Å². The first-order valence-electron chi connectivity index (χ1n) is 10.9. The molecule has 0 unspecified atom stereocenters. The predicted octanol–water partition coefficient (Wildman–Crippen LogP) is 5.51. The Balaban J connectivity index is 0.00000218. The van der Waals surface area contributed by atoms with Gasteiger partial charge in [-0.05, 0) is 71.5 Å². The summed E-state index contributed by atoms with van der Waals surface area (Å²) in [7, 11) is -1.20. The minimum Gasteiger partial charge on any atom is -1.00 e. The minimum atomic E-state index is -1.20. The molecule has 0 atom stereocenters. The first-order valence-corrected chi connectivity index (χ1v) is 13.2. The van der Waals surface area contributed by atoms with Gasteiger partial charge in [-0.15, -0.1) is 0 Å². The summed E-state index contributed by atoms with van der Waals surface area (Å²) in [5, 5.41) is 5.53. The molecule has 0 N–H and O–H groups in total. The van der Waals surface area contributed by atoms with Gasteiger partial charge in [0, 0.05) is 7.26 Å². The van der Waals surface area contributed by atoms with E-state index in [-0.39, 0.29) is 17.0 Å². The molecule has 4 aromatic rings. The maximum atomic E-state index is 2.47. The first kappa shape index (κ1) is 21.5. The molecule has 154 valence electrons. The van der Waals surface area contributed by atoms with Crippen molar-refractivity contribution in [3.8, 4) is 11.1 Å². The van der Waals surface area contributed by atoms with Crippen molar-refractivity contribution in [2.75, 3.05) is 0 Å². The molecule has 1 aliphatic rings. The molecule has 30 heavy (non-hydrogen) atoms. The number of hydrogen-bond donors (Lipinski definition) is 0. The molecule has 0 aliphatic carbocycles. The lowest BCUT2D eigenvalue weighted by Crippen LogP contribution is -3.00. The zero-order valence-electron chi connectivity index (χ0n) is 18.3. The second-order valence-corrected chi connectivity index (χ2v) is 14.2. The molecule has 1 aliphatic heterocycles. The molecular formula is C28H30BrP. The van der Waals surface area contributed by atoms with Gasteiger partial charge < -0.3 is 17.0 Å². The molecule has 0 aromatic heterocycles. The third-order valence-corrected chi connectivity index (χ3v) is 13.2. The van der Waals surface area contributed by atoms with Crippen LogP contribution >= 0.6 is 7.26 Å². The van der Waals surface area contributed by atoms with E-state index in [1.165, 1.54) is 45.0 Å². The molecule has 1 heterocycles. The van der Waals surface area contributed by atoms with Crippen LogP contribution in [0.15, 0.2) is 72.8 Å². The number of halogens is 1. The third kappa shape index (κ3) is 3.22. The van der Waals surface area contributed by atoms with Crippen LogP contribution in [0.3, 0.4) is 0 Å². The molecule has 0 saturated heterocycles. The monoisotopic (exact) mass is 476 g/mol. The molecule has 2 heteroatoms. The standard InChI is InChI=1S/C28H30P.BrH/c1-19(2)29(20(3)4)17-23-15-13-21-9-5-7-11-25(21)27(23)28-24(18-29)16-14-22-10-6-8-12-26(22)28;/h5-16,19-20H,17-18H2,1-4H3;1H/q+1;/p-1. The normalized spacial score (nSPS) is 15.0. The van der Waals surface area contributed by atoms with Crippen LogP contribution in [-0.4, -0.2) is 11.3 Å². The zero-order valence-corrected chi connectivity index (χ0v) is 20.8. The van der Waals surface area contributed by atoms with Crippen molar-refractivity contribution >= 4 is 28.8 Å². The number of benzene rings is 4. The second kappa shape index (κ2) is 8.10. The van der Waals surface area contributed by atoms with Gasteiger partial charge in [0.25, 0.3) is 0 Å². The van der Waals surface area contributed by atoms with Crippen molar-refractivity contribution in [1.29, 1.82) is 0 Å². The Labute approximate surface area is 191 Å². The van der Waals surface area contributed by atoms with Gasteiger partial charge in [-0.1, -0.05) is 72.8 Å². The van der Waals surface area contributed by atoms with Crippen molar-refractivity contribution in [2.24, 2.45) is 0 Å². The molecule has 0 bridgehead atoms. The Morgan fingerprint density at radius 2 is 0.967 bits per heavy atom. The summed E-state index contributed by atoms with van der Waals surface area (Å²) in [6.45, 7) is 9.89. The van der Waals surface area contributed by atoms with E-state index in [0.717, 1.165) is 11.3 Å². The van der Waals surface area contributed by atoms with E-state index in [9.17, 15) is 0 Å². The largest absolute Gasteiger partial charge is 1.00 e. The van der Waals surface area contributed by atoms with Crippen molar-refractivity contribution in [2.45, 2.75) is 51.3 Å². The Hall–Kier alpha value is -1.69. The SMILES string of the molecule is CC(C)[P+]1(C(C)C)Cc2ccc3ccccc3c2-c2c(ccc3ccccc23)C1.[Br-]. The average molecular weight is 477 g/mol. The maximum absolute atomic E-state index is 2.47. The van der Waals surface area contributed by atoms with E-state index >= 15 is 0 Å². The summed E-state index contributed by atoms with van der Waals surface area (Å²) in [5.41, 5.74) is 7.60. The van der Waals surface area contributed by atoms with Gasteiger partial charge in [-0.2, -0.15) is 0 Å². The number of rotatable bonds is 2. The summed E-state index contributed by atoms with van der Waals surface area (Å²) in [4.78, 5) is 0. The molecule has 0 amide bonds. The Morgan fingerprint density at radius 1 is 0.567 bits per heavy atom. The van der Waals surface area contributed by atoms with Gasteiger partial charge in [0.15, 0.2) is 0 Å². The van der Waals surface area contributed by atoms with E-state index in [1.807, 2.05) is 0 Å². The highest BCUT2D eigenvalue weighted by molar-refractivity contribution is 7.75. The van der Waals surface area contributed by atoms with Crippen molar-refractivity contribution < 1.29 is 17.0 Å². The molecule has 4 aromatic carbocycles. The summed E-state index contributed by atoms with van der Waals surface area (Å²) < 4.78 is 0. The quantitative estimate of drug-likeness (QED) is 0.334. The lowest BCUT2D eigenvalue weighted by Gasteiger charge is -2.34. The maximum Gasteiger partial charge on any atom is 0.0857 e. The van der Waals surface area contributed by atoms with Crippen molar-refractivity contribution in [1.82, 2.24) is 0 Å². The minimum absolute atomic E-state index is 0. The van der Waals surface area contributed by atoms with E-state index in [0.29, 0.717) is 0 Å². The molecule has 5 rings (SSSR count). The third-order valence-electron chi connectivity index (χ3n) is 7.27. The molecule has 0 fully saturated rings. The topological polar surface area (TPSA) is 0 Å². The number of fused-ring (bicyclic) bond motifs is 7. The Morgan fingerprint density at radius 3 is 1.37 bits per heavy atom. The van der Waals surface area contributed by atoms with Crippen LogP contribution in [-0.2, 0) is 12.3 Å². The van der Waals surface area contributed by atoms with E-state index in [4.69, 9.17) is 0 Å². The molecular weight excluding hydrogens is 447 g/mol. The van der Waals surface area contributed by atoms with Crippen LogP contribution in [0.2, 0.25) is 0 Å². The smallest absolute Gasteiger partial charge is 0.0857 e. The highest BCUT2D eigenvalue weighted by Gasteiger charge is 2.47. The van der Waals surface area contributed by atoms with E-state index in [2.05, 4.69) is 100 Å². The average Bonchev–Trinajstić information content (AvgIpc) is 2.89. The van der Waals surface area contributed by atoms with Gasteiger partial charge in [0.1, 0.15) is 0 Å². The van der Waals surface area contributed by atoms with E-state index < -0.39 is 7.26 Å². The fourth-order valence-electron chi connectivity index (χ4n) is 5.50. The van der Waals surface area contributed by atoms with Gasteiger partial charge in [0.2, 0.25) is 0 Å². The van der Waals surface area contributed by atoms with Gasteiger partial charge in [0.05, 0.1) is 23.6 Å². The summed E-state index contributed by atoms with van der Waals surface area (Å²) >= 11 is 0. The highest BCUT2D eigenvalue weighted by atomic mass is 79.9. The van der Waals surface area contributed by atoms with Crippen LogP contribution in [0.1, 0.15) is 38.8 Å². The van der Waals surface area contributed by atoms with Crippen LogP contribution in [0.5, 0.6) is 0 Å². The van der Waals surface area contributed by atoms with Gasteiger partial charge in [-0.3, -0.25) is 0 Å². The van der Waals surface area contributed by atoms with Crippen molar-refractivity contribution in [3.05, 3.63) is 83.9 Å². The van der Waals surface area contributed by atoms with Crippen LogP contribution < -0.4 is 17.0 Å². The van der Waals surface area contributed by atoms with Crippen LogP contribution in [0.25, 0.3) is 32.7 Å². The summed E-state index contributed by atoms with van der Waals surface area (Å²) in [6, 6.07) is 27.5. The fourth-order valence-corrected chi connectivity index (χ4v) is 10.1. The fraction of sp³-hybridized carbons (Fsp3) is 0.286. The highest BCUT2D eigenvalue weighted by Crippen LogP contribution is 2.73. The molecule has 0 nitrogen and oxygen atoms in total. The van der Waals surface area contributed by atoms with E-state index in [1.54, 1.807) is 11.1 Å². The van der Waals surface area contributed by atoms with Gasteiger partial charge in [-0.25, -0.2) is 0 Å². The lowest BCUT2D eigenvalue weighted by molar-refractivity contribution is -0.00000591. The van der Waals surface area contributed by atoms with Gasteiger partial charge >= 0.3 is 0 Å². The number of hydrogen-bond acceptors (Lipinski definition) is 0.